The van der Waals surface area contributed by atoms with Crippen molar-refractivity contribution in [2.24, 2.45) is 5.73 Å². The molecule has 1 aromatic rings. The van der Waals surface area contributed by atoms with Crippen LogP contribution in [-0.4, -0.2) is 13.7 Å². The molecule has 2 atom stereocenters. The Bertz CT molecular complexity index is 298. The van der Waals surface area contributed by atoms with Crippen LogP contribution in [0.1, 0.15) is 43.4 Å². The van der Waals surface area contributed by atoms with Crippen molar-refractivity contribution in [2.45, 2.75) is 32.3 Å². The molecule has 0 heterocycles. The Labute approximate surface area is 92.4 Å². The van der Waals surface area contributed by atoms with E-state index in [1.54, 1.807) is 7.11 Å². The fourth-order valence-electron chi connectivity index (χ4n) is 1.86. The van der Waals surface area contributed by atoms with E-state index in [0.717, 1.165) is 13.0 Å². The molecule has 2 heteroatoms. The van der Waals surface area contributed by atoms with Crippen molar-refractivity contribution in [3.05, 3.63) is 35.4 Å². The van der Waals surface area contributed by atoms with Crippen molar-refractivity contribution in [3.8, 4) is 0 Å². The van der Waals surface area contributed by atoms with E-state index in [-0.39, 0.29) is 6.10 Å². The van der Waals surface area contributed by atoms with Crippen LogP contribution in [0.2, 0.25) is 0 Å². The van der Waals surface area contributed by atoms with Crippen LogP contribution in [0.4, 0.5) is 0 Å². The minimum absolute atomic E-state index is 0.154. The van der Waals surface area contributed by atoms with E-state index in [1.807, 2.05) is 0 Å². The lowest BCUT2D eigenvalue weighted by Crippen LogP contribution is -2.08. The lowest BCUT2D eigenvalue weighted by molar-refractivity contribution is 0.118. The molecule has 0 aliphatic carbocycles. The average molecular weight is 207 g/mol. The molecule has 0 aromatic heterocycles. The summed E-state index contributed by atoms with van der Waals surface area (Å²) in [5, 5.41) is 0. The molecule has 0 radical (unpaired) electrons. The van der Waals surface area contributed by atoms with Crippen molar-refractivity contribution >= 4 is 0 Å². The second-order valence-corrected chi connectivity index (χ2v) is 3.99. The Morgan fingerprint density at radius 1 is 1.20 bits per heavy atom. The first-order valence-electron chi connectivity index (χ1n) is 5.52. The van der Waals surface area contributed by atoms with E-state index in [9.17, 15) is 0 Å². The van der Waals surface area contributed by atoms with Gasteiger partial charge < -0.3 is 10.5 Å². The van der Waals surface area contributed by atoms with Gasteiger partial charge in [0, 0.05) is 7.11 Å². The molecule has 15 heavy (non-hydrogen) atoms. The number of ether oxygens (including phenoxy) is 1. The van der Waals surface area contributed by atoms with Gasteiger partial charge in [-0.1, -0.05) is 31.2 Å². The van der Waals surface area contributed by atoms with Crippen LogP contribution in [0.5, 0.6) is 0 Å². The van der Waals surface area contributed by atoms with Crippen LogP contribution in [0, 0.1) is 0 Å². The van der Waals surface area contributed by atoms with Gasteiger partial charge in [-0.3, -0.25) is 0 Å². The number of hydrogen-bond acceptors (Lipinski definition) is 2. The molecule has 0 saturated carbocycles. The molecule has 0 aliphatic heterocycles. The molecular weight excluding hydrogens is 186 g/mol. The largest absolute Gasteiger partial charge is 0.377 e. The Kier molecular flexibility index (Phi) is 4.79. The lowest BCUT2D eigenvalue weighted by atomic mass is 9.91. The summed E-state index contributed by atoms with van der Waals surface area (Å²) in [6, 6.07) is 8.44. The highest BCUT2D eigenvalue weighted by molar-refractivity contribution is 5.31. The lowest BCUT2D eigenvalue weighted by Gasteiger charge is -2.19. The zero-order valence-corrected chi connectivity index (χ0v) is 9.86. The van der Waals surface area contributed by atoms with Gasteiger partial charge in [-0.05, 0) is 36.9 Å². The molecular formula is C13H21NO. The highest BCUT2D eigenvalue weighted by Gasteiger charge is 2.13. The number of nitrogens with two attached hydrogens (primary N) is 1. The fraction of sp³-hybridized carbons (Fsp3) is 0.538. The zero-order chi connectivity index (χ0) is 11.3. The molecule has 84 valence electrons. The summed E-state index contributed by atoms with van der Waals surface area (Å²) in [5.74, 6) is 0.504. The van der Waals surface area contributed by atoms with E-state index >= 15 is 0 Å². The van der Waals surface area contributed by atoms with E-state index in [2.05, 4.69) is 38.1 Å². The predicted molar refractivity (Wildman–Crippen MR) is 64.0 cm³/mol. The van der Waals surface area contributed by atoms with Crippen molar-refractivity contribution in [2.75, 3.05) is 13.7 Å². The molecule has 2 N–H and O–H groups in total. The molecule has 1 rings (SSSR count). The Balaban J connectivity index is 2.95. The molecule has 0 fully saturated rings. The molecule has 1 aromatic carbocycles. The van der Waals surface area contributed by atoms with Crippen LogP contribution in [-0.2, 0) is 4.74 Å². The number of methoxy groups -OCH3 is 1. The maximum absolute atomic E-state index is 5.59. The summed E-state index contributed by atoms with van der Waals surface area (Å²) < 4.78 is 5.37. The van der Waals surface area contributed by atoms with Gasteiger partial charge in [-0.25, -0.2) is 0 Å². The molecule has 0 aliphatic rings. The van der Waals surface area contributed by atoms with Crippen LogP contribution < -0.4 is 5.73 Å². The molecule has 2 nitrogen and oxygen atoms in total. The van der Waals surface area contributed by atoms with Gasteiger partial charge in [0.1, 0.15) is 0 Å². The van der Waals surface area contributed by atoms with Crippen LogP contribution in [0.15, 0.2) is 24.3 Å². The maximum Gasteiger partial charge on any atom is 0.0795 e. The van der Waals surface area contributed by atoms with Crippen molar-refractivity contribution < 1.29 is 4.74 Å². The number of rotatable bonds is 5. The summed E-state index contributed by atoms with van der Waals surface area (Å²) in [6.07, 6.45) is 1.18. The second kappa shape index (κ2) is 5.89. The standard InChI is InChI=1S/C13H21NO/c1-10(8-9-14)12-6-4-5-7-13(12)11(2)15-3/h4-7,10-11H,8-9,14H2,1-3H3. The van der Waals surface area contributed by atoms with Gasteiger partial charge in [0.15, 0.2) is 0 Å². The summed E-state index contributed by atoms with van der Waals surface area (Å²) in [7, 11) is 1.75. The second-order valence-electron chi connectivity index (χ2n) is 3.99. The first kappa shape index (κ1) is 12.2. The molecule has 2 unspecified atom stereocenters. The van der Waals surface area contributed by atoms with Crippen molar-refractivity contribution in [1.29, 1.82) is 0 Å². The van der Waals surface area contributed by atoms with Crippen LogP contribution in [0.3, 0.4) is 0 Å². The minimum atomic E-state index is 0.154. The van der Waals surface area contributed by atoms with E-state index < -0.39 is 0 Å². The van der Waals surface area contributed by atoms with Crippen LogP contribution >= 0.6 is 0 Å². The molecule has 0 amide bonds. The van der Waals surface area contributed by atoms with E-state index in [1.165, 1.54) is 11.1 Å². The van der Waals surface area contributed by atoms with Crippen molar-refractivity contribution in [1.82, 2.24) is 0 Å². The van der Waals surface area contributed by atoms with Gasteiger partial charge in [0.25, 0.3) is 0 Å². The molecule has 0 spiro atoms. The number of benzene rings is 1. The third-order valence-electron chi connectivity index (χ3n) is 2.92. The summed E-state index contributed by atoms with van der Waals surface area (Å²) in [6.45, 7) is 5.03. The third kappa shape index (κ3) is 3.05. The first-order chi connectivity index (χ1) is 7.20. The third-order valence-corrected chi connectivity index (χ3v) is 2.92. The summed E-state index contributed by atoms with van der Waals surface area (Å²) >= 11 is 0. The first-order valence-corrected chi connectivity index (χ1v) is 5.52. The van der Waals surface area contributed by atoms with Crippen molar-refractivity contribution in [3.63, 3.8) is 0 Å². The topological polar surface area (TPSA) is 35.2 Å². The Morgan fingerprint density at radius 3 is 2.33 bits per heavy atom. The van der Waals surface area contributed by atoms with Crippen LogP contribution in [0.25, 0.3) is 0 Å². The minimum Gasteiger partial charge on any atom is -0.377 e. The van der Waals surface area contributed by atoms with E-state index in [4.69, 9.17) is 10.5 Å². The highest BCUT2D eigenvalue weighted by Crippen LogP contribution is 2.28. The van der Waals surface area contributed by atoms with Gasteiger partial charge in [-0.15, -0.1) is 0 Å². The highest BCUT2D eigenvalue weighted by atomic mass is 16.5. The quantitative estimate of drug-likeness (QED) is 0.805. The predicted octanol–water partition coefficient (Wildman–Crippen LogP) is 2.85. The monoisotopic (exact) mass is 207 g/mol. The summed E-state index contributed by atoms with van der Waals surface area (Å²) in [5.41, 5.74) is 8.23. The van der Waals surface area contributed by atoms with Gasteiger partial charge >= 0.3 is 0 Å². The number of hydrogen-bond donors (Lipinski definition) is 1. The van der Waals surface area contributed by atoms with Gasteiger partial charge in [-0.2, -0.15) is 0 Å². The molecule has 0 bridgehead atoms. The zero-order valence-electron chi connectivity index (χ0n) is 9.86. The van der Waals surface area contributed by atoms with Gasteiger partial charge in [0.05, 0.1) is 6.10 Å². The average Bonchev–Trinajstić information content (AvgIpc) is 2.28. The fourth-order valence-corrected chi connectivity index (χ4v) is 1.86. The SMILES string of the molecule is COC(C)c1ccccc1C(C)CCN. The Morgan fingerprint density at radius 2 is 1.80 bits per heavy atom. The normalized spacial score (nSPS) is 14.9. The van der Waals surface area contributed by atoms with Gasteiger partial charge in [0.2, 0.25) is 0 Å². The summed E-state index contributed by atoms with van der Waals surface area (Å²) in [4.78, 5) is 0. The van der Waals surface area contributed by atoms with E-state index in [0.29, 0.717) is 5.92 Å². The smallest absolute Gasteiger partial charge is 0.0795 e. The molecule has 0 saturated heterocycles. The maximum atomic E-state index is 5.59. The Hall–Kier alpha value is -0.860.